The molecule has 0 unspecified atom stereocenters. The monoisotopic (exact) mass is 467 g/mol. The second kappa shape index (κ2) is 8.48. The number of benzene rings is 2. The van der Waals surface area contributed by atoms with Gasteiger partial charge in [-0.3, -0.25) is 19.3 Å². The number of phenols is 1. The third kappa shape index (κ3) is 5.00. The summed E-state index contributed by atoms with van der Waals surface area (Å²) in [5.41, 5.74) is 0.520. The lowest BCUT2D eigenvalue weighted by molar-refractivity contribution is -0.127. The third-order valence-electron chi connectivity index (χ3n) is 3.92. The van der Waals surface area contributed by atoms with Gasteiger partial charge in [-0.2, -0.15) is 0 Å². The Morgan fingerprint density at radius 1 is 1.20 bits per heavy atom. The Hall–Kier alpha value is -2.86. The number of sulfonamides is 1. The Morgan fingerprint density at radius 2 is 1.87 bits per heavy atom. The number of thioether (sulfide) groups is 1. The highest BCUT2D eigenvalue weighted by Crippen LogP contribution is 2.34. The molecule has 3 amide bonds. The SMILES string of the molecule is NS(=O)(=O)c1ccc(NC(=O)CN2C(=O)S/C(=C\c3cc(Cl)ccc3O)C2=O)cc1. The maximum atomic E-state index is 12.5. The van der Waals surface area contributed by atoms with Gasteiger partial charge in [-0.05, 0) is 60.3 Å². The average Bonchev–Trinajstić information content (AvgIpc) is 2.92. The largest absolute Gasteiger partial charge is 0.507 e. The minimum absolute atomic E-state index is 0.0304. The Kier molecular flexibility index (Phi) is 6.17. The zero-order valence-corrected chi connectivity index (χ0v) is 17.4. The van der Waals surface area contributed by atoms with E-state index in [1.54, 1.807) is 0 Å². The Balaban J connectivity index is 1.70. The van der Waals surface area contributed by atoms with E-state index in [2.05, 4.69) is 5.32 Å². The summed E-state index contributed by atoms with van der Waals surface area (Å²) in [6.07, 6.45) is 1.32. The van der Waals surface area contributed by atoms with Crippen LogP contribution < -0.4 is 10.5 Å². The highest BCUT2D eigenvalue weighted by atomic mass is 35.5. The first-order valence-corrected chi connectivity index (χ1v) is 11.0. The number of carbonyl (C=O) groups excluding carboxylic acids is 3. The third-order valence-corrected chi connectivity index (χ3v) is 5.99. The van der Waals surface area contributed by atoms with Gasteiger partial charge in [-0.1, -0.05) is 11.6 Å². The van der Waals surface area contributed by atoms with Gasteiger partial charge in [0.1, 0.15) is 12.3 Å². The topological polar surface area (TPSA) is 147 Å². The van der Waals surface area contributed by atoms with Gasteiger partial charge < -0.3 is 10.4 Å². The molecule has 2 aromatic carbocycles. The van der Waals surface area contributed by atoms with E-state index in [0.717, 1.165) is 4.90 Å². The lowest BCUT2D eigenvalue weighted by Gasteiger charge is -2.12. The van der Waals surface area contributed by atoms with Crippen molar-refractivity contribution in [2.45, 2.75) is 4.90 Å². The van der Waals surface area contributed by atoms with Gasteiger partial charge in [0.2, 0.25) is 15.9 Å². The lowest BCUT2D eigenvalue weighted by Crippen LogP contribution is -2.36. The molecule has 0 aliphatic carbocycles. The van der Waals surface area contributed by atoms with Gasteiger partial charge in [-0.25, -0.2) is 13.6 Å². The molecule has 30 heavy (non-hydrogen) atoms. The summed E-state index contributed by atoms with van der Waals surface area (Å²) in [6, 6.07) is 9.34. The molecule has 0 bridgehead atoms. The van der Waals surface area contributed by atoms with Crippen molar-refractivity contribution in [1.29, 1.82) is 0 Å². The fraction of sp³-hybridized carbons (Fsp3) is 0.0556. The molecule has 0 atom stereocenters. The lowest BCUT2D eigenvalue weighted by atomic mass is 10.2. The summed E-state index contributed by atoms with van der Waals surface area (Å²) in [7, 11) is -3.86. The van der Waals surface area contributed by atoms with Crippen molar-refractivity contribution in [3.05, 3.63) is 58.0 Å². The number of hydrogen-bond donors (Lipinski definition) is 3. The van der Waals surface area contributed by atoms with Gasteiger partial charge in [0.05, 0.1) is 9.80 Å². The summed E-state index contributed by atoms with van der Waals surface area (Å²) in [5, 5.41) is 17.0. The van der Waals surface area contributed by atoms with Crippen molar-refractivity contribution in [3.8, 4) is 5.75 Å². The first kappa shape index (κ1) is 21.8. The number of aromatic hydroxyl groups is 1. The standard InChI is InChI=1S/C18H14ClN3O6S2/c19-11-1-6-14(23)10(7-11)8-15-17(25)22(18(26)29-15)9-16(24)21-12-2-4-13(5-3-12)30(20,27)28/h1-8,23H,9H2,(H,21,24)(H2,20,27,28)/b15-8-. The van der Waals surface area contributed by atoms with Crippen LogP contribution in [-0.2, 0) is 19.6 Å². The number of anilines is 1. The maximum Gasteiger partial charge on any atom is 0.294 e. The predicted octanol–water partition coefficient (Wildman–Crippen LogP) is 2.37. The number of hydrogen-bond acceptors (Lipinski definition) is 7. The number of imide groups is 1. The number of primary sulfonamides is 1. The van der Waals surface area contributed by atoms with Crippen LogP contribution in [0.3, 0.4) is 0 Å². The second-order valence-electron chi connectivity index (χ2n) is 6.09. The van der Waals surface area contributed by atoms with E-state index >= 15 is 0 Å². The quantitative estimate of drug-likeness (QED) is 0.572. The second-order valence-corrected chi connectivity index (χ2v) is 9.08. The molecule has 1 fully saturated rings. The first-order chi connectivity index (χ1) is 14.0. The van der Waals surface area contributed by atoms with E-state index in [4.69, 9.17) is 16.7 Å². The van der Waals surface area contributed by atoms with Crippen LogP contribution >= 0.6 is 23.4 Å². The van der Waals surface area contributed by atoms with Crippen LogP contribution in [0.15, 0.2) is 52.3 Å². The van der Waals surface area contributed by atoms with E-state index in [-0.39, 0.29) is 26.8 Å². The first-order valence-electron chi connectivity index (χ1n) is 8.21. The van der Waals surface area contributed by atoms with E-state index < -0.39 is 33.6 Å². The van der Waals surface area contributed by atoms with Crippen molar-refractivity contribution < 1.29 is 27.9 Å². The molecule has 0 spiro atoms. The molecule has 4 N–H and O–H groups in total. The number of nitrogens with two attached hydrogens (primary N) is 1. The Bertz CT molecular complexity index is 1180. The van der Waals surface area contributed by atoms with Crippen LogP contribution in [0.5, 0.6) is 5.75 Å². The van der Waals surface area contributed by atoms with Crippen LogP contribution in [0, 0.1) is 0 Å². The molecule has 0 saturated carbocycles. The molecule has 1 aliphatic rings. The Morgan fingerprint density at radius 3 is 2.50 bits per heavy atom. The van der Waals surface area contributed by atoms with E-state index in [0.29, 0.717) is 16.8 Å². The normalized spacial score (nSPS) is 15.7. The summed E-state index contributed by atoms with van der Waals surface area (Å²) < 4.78 is 22.5. The maximum absolute atomic E-state index is 12.5. The molecule has 2 aromatic rings. The molecule has 1 saturated heterocycles. The molecule has 1 aliphatic heterocycles. The predicted molar refractivity (Wildman–Crippen MR) is 112 cm³/mol. The van der Waals surface area contributed by atoms with E-state index in [9.17, 15) is 27.9 Å². The van der Waals surface area contributed by atoms with Gasteiger partial charge in [0.15, 0.2) is 0 Å². The number of nitrogens with zero attached hydrogens (tertiary/aromatic N) is 1. The van der Waals surface area contributed by atoms with Crippen LogP contribution in [0.2, 0.25) is 5.02 Å². The molecule has 12 heteroatoms. The molecular weight excluding hydrogens is 454 g/mol. The minimum Gasteiger partial charge on any atom is -0.507 e. The summed E-state index contributed by atoms with van der Waals surface area (Å²) in [4.78, 5) is 37.5. The Labute approximate surface area is 180 Å². The molecule has 3 rings (SSSR count). The van der Waals surface area contributed by atoms with Gasteiger partial charge in [0, 0.05) is 16.3 Å². The highest BCUT2D eigenvalue weighted by molar-refractivity contribution is 8.18. The number of carbonyl (C=O) groups is 3. The molecule has 9 nitrogen and oxygen atoms in total. The van der Waals surface area contributed by atoms with Crippen molar-refractivity contribution in [3.63, 3.8) is 0 Å². The van der Waals surface area contributed by atoms with Crippen molar-refractivity contribution in [2.75, 3.05) is 11.9 Å². The fourth-order valence-electron chi connectivity index (χ4n) is 2.49. The average molecular weight is 468 g/mol. The van der Waals surface area contributed by atoms with Gasteiger partial charge in [0.25, 0.3) is 11.1 Å². The smallest absolute Gasteiger partial charge is 0.294 e. The number of rotatable bonds is 5. The van der Waals surface area contributed by atoms with Crippen molar-refractivity contribution in [2.24, 2.45) is 5.14 Å². The summed E-state index contributed by atoms with van der Waals surface area (Å²) in [5.74, 6) is -1.47. The number of nitrogens with one attached hydrogen (secondary N) is 1. The highest BCUT2D eigenvalue weighted by Gasteiger charge is 2.36. The van der Waals surface area contributed by atoms with Crippen LogP contribution in [-0.4, -0.2) is 42.0 Å². The number of amides is 3. The molecule has 156 valence electrons. The summed E-state index contributed by atoms with van der Waals surface area (Å²) >= 11 is 6.50. The van der Waals surface area contributed by atoms with Gasteiger partial charge in [-0.15, -0.1) is 0 Å². The van der Waals surface area contributed by atoms with Crippen LogP contribution in [0.25, 0.3) is 6.08 Å². The number of halogens is 1. The molecular formula is C18H14ClN3O6S2. The van der Waals surface area contributed by atoms with Crippen molar-refractivity contribution >= 4 is 62.2 Å². The van der Waals surface area contributed by atoms with E-state index in [1.165, 1.54) is 48.5 Å². The summed E-state index contributed by atoms with van der Waals surface area (Å²) in [6.45, 7) is -0.541. The van der Waals surface area contributed by atoms with Crippen LogP contribution in [0.4, 0.5) is 10.5 Å². The fourth-order valence-corrected chi connectivity index (χ4v) is 4.02. The van der Waals surface area contributed by atoms with Crippen molar-refractivity contribution in [1.82, 2.24) is 4.90 Å². The molecule has 0 radical (unpaired) electrons. The molecule has 0 aromatic heterocycles. The van der Waals surface area contributed by atoms with Gasteiger partial charge >= 0.3 is 0 Å². The van der Waals surface area contributed by atoms with E-state index in [1.807, 2.05) is 0 Å². The van der Waals surface area contributed by atoms with Crippen LogP contribution in [0.1, 0.15) is 5.56 Å². The molecule has 1 heterocycles. The number of phenolic OH excluding ortho intramolecular Hbond substituents is 1. The zero-order chi connectivity index (χ0) is 22.1. The minimum atomic E-state index is -3.86. The zero-order valence-electron chi connectivity index (χ0n) is 15.0.